The third-order valence-corrected chi connectivity index (χ3v) is 5.61. The monoisotopic (exact) mass is 406 g/mol. The van der Waals surface area contributed by atoms with Crippen molar-refractivity contribution in [3.05, 3.63) is 67.0 Å². The standard InChI is InChI=1S/C23H30N6O/c1-3-11-28-19-29(25-23(28)20-7-6-10-24-18-20)17-14-26-12-15-27(16-13-26)21-8-4-5-9-22(21)30-2/h3-10,18H,1,11-17,19H2,2H3. The van der Waals surface area contributed by atoms with Crippen molar-refractivity contribution in [2.75, 3.05) is 64.5 Å². The number of aromatic nitrogens is 1. The quantitative estimate of drug-likeness (QED) is 0.627. The van der Waals surface area contributed by atoms with Crippen molar-refractivity contribution in [2.24, 2.45) is 5.10 Å². The summed E-state index contributed by atoms with van der Waals surface area (Å²) < 4.78 is 5.52. The summed E-state index contributed by atoms with van der Waals surface area (Å²) in [4.78, 5) is 11.4. The fraction of sp³-hybridized carbons (Fsp3) is 0.391. The van der Waals surface area contributed by atoms with Crippen LogP contribution in [0.4, 0.5) is 5.69 Å². The molecule has 7 nitrogen and oxygen atoms in total. The molecule has 0 atom stereocenters. The minimum Gasteiger partial charge on any atom is -0.495 e. The number of methoxy groups -OCH3 is 1. The van der Waals surface area contributed by atoms with E-state index >= 15 is 0 Å². The average Bonchev–Trinajstić information content (AvgIpc) is 3.21. The summed E-state index contributed by atoms with van der Waals surface area (Å²) in [7, 11) is 1.74. The Bertz CT molecular complexity index is 863. The molecule has 158 valence electrons. The van der Waals surface area contributed by atoms with Crippen LogP contribution in [0.3, 0.4) is 0 Å². The second-order valence-corrected chi connectivity index (χ2v) is 7.55. The number of piperazine rings is 1. The van der Waals surface area contributed by atoms with Gasteiger partial charge in [-0.05, 0) is 24.3 Å². The Labute approximate surface area is 178 Å². The number of benzene rings is 1. The number of rotatable bonds is 8. The van der Waals surface area contributed by atoms with E-state index in [0.29, 0.717) is 0 Å². The highest BCUT2D eigenvalue weighted by Crippen LogP contribution is 2.28. The number of anilines is 1. The van der Waals surface area contributed by atoms with Crippen LogP contribution in [0.1, 0.15) is 5.56 Å². The molecule has 2 aromatic rings. The summed E-state index contributed by atoms with van der Waals surface area (Å²) in [5, 5.41) is 7.01. The Hall–Kier alpha value is -3.06. The van der Waals surface area contributed by atoms with Crippen LogP contribution in [0.25, 0.3) is 0 Å². The van der Waals surface area contributed by atoms with Gasteiger partial charge in [0, 0.05) is 57.2 Å². The summed E-state index contributed by atoms with van der Waals surface area (Å²) in [6.45, 7) is 11.5. The zero-order chi connectivity index (χ0) is 20.8. The van der Waals surface area contributed by atoms with Gasteiger partial charge in [0.25, 0.3) is 0 Å². The lowest BCUT2D eigenvalue weighted by Crippen LogP contribution is -2.48. The molecule has 4 rings (SSSR count). The van der Waals surface area contributed by atoms with Crippen LogP contribution in [0.15, 0.2) is 66.5 Å². The summed E-state index contributed by atoms with van der Waals surface area (Å²) in [5.41, 5.74) is 2.23. The molecule has 3 heterocycles. The number of ether oxygens (including phenoxy) is 1. The van der Waals surface area contributed by atoms with Crippen molar-refractivity contribution in [3.8, 4) is 5.75 Å². The van der Waals surface area contributed by atoms with E-state index in [-0.39, 0.29) is 0 Å². The molecule has 0 unspecified atom stereocenters. The molecule has 1 saturated heterocycles. The van der Waals surface area contributed by atoms with E-state index in [1.165, 1.54) is 5.69 Å². The maximum absolute atomic E-state index is 5.52. The molecular weight excluding hydrogens is 376 g/mol. The lowest BCUT2D eigenvalue weighted by atomic mass is 10.2. The molecule has 0 radical (unpaired) electrons. The van der Waals surface area contributed by atoms with E-state index in [4.69, 9.17) is 9.84 Å². The fourth-order valence-corrected chi connectivity index (χ4v) is 4.01. The summed E-state index contributed by atoms with van der Waals surface area (Å²) >= 11 is 0. The van der Waals surface area contributed by atoms with Gasteiger partial charge in [0.1, 0.15) is 12.4 Å². The van der Waals surface area contributed by atoms with Gasteiger partial charge in [-0.2, -0.15) is 5.10 Å². The molecule has 0 amide bonds. The predicted octanol–water partition coefficient (Wildman–Crippen LogP) is 2.34. The Balaban J connectivity index is 1.31. The Kier molecular flexibility index (Phi) is 6.49. The minimum absolute atomic E-state index is 0.780. The first kappa shape index (κ1) is 20.2. The van der Waals surface area contributed by atoms with Gasteiger partial charge in [-0.25, -0.2) is 0 Å². The number of hydrogen-bond acceptors (Lipinski definition) is 7. The molecule has 7 heteroatoms. The van der Waals surface area contributed by atoms with Crippen LogP contribution in [0, 0.1) is 0 Å². The zero-order valence-corrected chi connectivity index (χ0v) is 17.7. The van der Waals surface area contributed by atoms with E-state index in [9.17, 15) is 0 Å². The third kappa shape index (κ3) is 4.57. The second-order valence-electron chi connectivity index (χ2n) is 7.55. The van der Waals surface area contributed by atoms with E-state index in [0.717, 1.165) is 69.6 Å². The number of para-hydroxylation sites is 2. The van der Waals surface area contributed by atoms with Gasteiger partial charge in [0.2, 0.25) is 0 Å². The predicted molar refractivity (Wildman–Crippen MR) is 121 cm³/mol. The molecule has 0 saturated carbocycles. The van der Waals surface area contributed by atoms with E-state index in [2.05, 4.69) is 49.5 Å². The normalized spacial score (nSPS) is 17.2. The maximum atomic E-state index is 5.52. The van der Waals surface area contributed by atoms with Crippen molar-refractivity contribution in [1.29, 1.82) is 0 Å². The molecule has 30 heavy (non-hydrogen) atoms. The zero-order valence-electron chi connectivity index (χ0n) is 17.7. The highest BCUT2D eigenvalue weighted by atomic mass is 16.5. The first-order valence-corrected chi connectivity index (χ1v) is 10.5. The molecule has 0 bridgehead atoms. The average molecular weight is 407 g/mol. The molecule has 1 aromatic carbocycles. The second kappa shape index (κ2) is 9.63. The summed E-state index contributed by atoms with van der Waals surface area (Å²) in [5.74, 6) is 1.92. The van der Waals surface area contributed by atoms with E-state index in [1.807, 2.05) is 30.5 Å². The maximum Gasteiger partial charge on any atom is 0.159 e. The van der Waals surface area contributed by atoms with Crippen molar-refractivity contribution >= 4 is 11.5 Å². The Morgan fingerprint density at radius 2 is 1.90 bits per heavy atom. The largest absolute Gasteiger partial charge is 0.495 e. The molecule has 2 aliphatic heterocycles. The Morgan fingerprint density at radius 3 is 2.63 bits per heavy atom. The summed E-state index contributed by atoms with van der Waals surface area (Å²) in [6.07, 6.45) is 5.58. The van der Waals surface area contributed by atoms with Gasteiger partial charge in [0.15, 0.2) is 5.84 Å². The number of nitrogens with zero attached hydrogens (tertiary/aromatic N) is 6. The van der Waals surface area contributed by atoms with Gasteiger partial charge in [-0.3, -0.25) is 14.9 Å². The van der Waals surface area contributed by atoms with Crippen LogP contribution >= 0.6 is 0 Å². The Morgan fingerprint density at radius 1 is 1.07 bits per heavy atom. The molecule has 1 fully saturated rings. The SMILES string of the molecule is C=CCN1CN(CCN2CCN(c3ccccc3OC)CC2)N=C1c1cccnc1. The highest BCUT2D eigenvalue weighted by molar-refractivity contribution is 5.99. The number of hydrazone groups is 1. The van der Waals surface area contributed by atoms with Gasteiger partial charge >= 0.3 is 0 Å². The topological polar surface area (TPSA) is 47.4 Å². The van der Waals surface area contributed by atoms with Crippen molar-refractivity contribution < 1.29 is 4.74 Å². The van der Waals surface area contributed by atoms with Crippen molar-refractivity contribution in [3.63, 3.8) is 0 Å². The van der Waals surface area contributed by atoms with Crippen LogP contribution < -0.4 is 9.64 Å². The van der Waals surface area contributed by atoms with Gasteiger partial charge in [0.05, 0.1) is 19.3 Å². The van der Waals surface area contributed by atoms with Gasteiger partial charge in [-0.1, -0.05) is 18.2 Å². The lowest BCUT2D eigenvalue weighted by Gasteiger charge is -2.37. The van der Waals surface area contributed by atoms with E-state index < -0.39 is 0 Å². The third-order valence-electron chi connectivity index (χ3n) is 5.61. The van der Waals surface area contributed by atoms with E-state index in [1.54, 1.807) is 13.3 Å². The molecule has 0 aliphatic carbocycles. The molecule has 1 aromatic heterocycles. The molecule has 0 spiro atoms. The first-order chi connectivity index (χ1) is 14.8. The van der Waals surface area contributed by atoms with Gasteiger partial charge in [-0.15, -0.1) is 6.58 Å². The lowest BCUT2D eigenvalue weighted by molar-refractivity contribution is 0.185. The van der Waals surface area contributed by atoms with Crippen molar-refractivity contribution in [2.45, 2.75) is 0 Å². The number of hydrogen-bond donors (Lipinski definition) is 0. The van der Waals surface area contributed by atoms with Crippen LogP contribution in [-0.4, -0.2) is 85.2 Å². The highest BCUT2D eigenvalue weighted by Gasteiger charge is 2.25. The fourth-order valence-electron chi connectivity index (χ4n) is 4.01. The van der Waals surface area contributed by atoms with Crippen LogP contribution in [0.5, 0.6) is 5.75 Å². The number of amidine groups is 1. The molecular formula is C23H30N6O. The molecule has 0 N–H and O–H groups in total. The first-order valence-electron chi connectivity index (χ1n) is 10.5. The van der Waals surface area contributed by atoms with Gasteiger partial charge < -0.3 is 14.5 Å². The minimum atomic E-state index is 0.780. The van der Waals surface area contributed by atoms with Crippen LogP contribution in [0.2, 0.25) is 0 Å². The van der Waals surface area contributed by atoms with Crippen molar-refractivity contribution in [1.82, 2.24) is 19.8 Å². The smallest absolute Gasteiger partial charge is 0.159 e. The summed E-state index contributed by atoms with van der Waals surface area (Å²) in [6, 6.07) is 12.3. The molecule has 2 aliphatic rings. The van der Waals surface area contributed by atoms with Crippen LogP contribution in [-0.2, 0) is 0 Å². The number of pyridine rings is 1.